The minimum Gasteiger partial charge on any atom is -0.306 e. The van der Waals surface area contributed by atoms with Gasteiger partial charge in [-0.2, -0.15) is 11.3 Å². The van der Waals surface area contributed by atoms with Gasteiger partial charge < -0.3 is 5.32 Å². The van der Waals surface area contributed by atoms with E-state index in [1.165, 1.54) is 21.2 Å². The van der Waals surface area contributed by atoms with Gasteiger partial charge in [0.1, 0.15) is 0 Å². The van der Waals surface area contributed by atoms with Gasteiger partial charge in [0.15, 0.2) is 0 Å². The lowest BCUT2D eigenvalue weighted by atomic mass is 10.1. The third-order valence-electron chi connectivity index (χ3n) is 2.85. The first-order valence-electron chi connectivity index (χ1n) is 5.67. The third-order valence-corrected chi connectivity index (χ3v) is 4.29. The normalized spacial score (nSPS) is 12.6. The SMILES string of the molecule is Cc1ccc(CNC(C)c2ccsc2)c(Br)c1. The zero-order valence-corrected chi connectivity index (χ0v) is 12.4. The highest BCUT2D eigenvalue weighted by Crippen LogP contribution is 2.20. The van der Waals surface area contributed by atoms with Crippen LogP contribution in [0.3, 0.4) is 0 Å². The zero-order chi connectivity index (χ0) is 12.3. The summed E-state index contributed by atoms with van der Waals surface area (Å²) < 4.78 is 1.18. The first-order chi connectivity index (χ1) is 8.16. The summed E-state index contributed by atoms with van der Waals surface area (Å²) in [5, 5.41) is 7.85. The minimum absolute atomic E-state index is 0.398. The van der Waals surface area contributed by atoms with Crippen molar-refractivity contribution < 1.29 is 0 Å². The summed E-state index contributed by atoms with van der Waals surface area (Å²) >= 11 is 5.35. The lowest BCUT2D eigenvalue weighted by molar-refractivity contribution is 0.575. The lowest BCUT2D eigenvalue weighted by Gasteiger charge is -2.13. The van der Waals surface area contributed by atoms with Gasteiger partial charge in [0.2, 0.25) is 0 Å². The highest BCUT2D eigenvalue weighted by molar-refractivity contribution is 9.10. The van der Waals surface area contributed by atoms with E-state index in [0.29, 0.717) is 6.04 Å². The van der Waals surface area contributed by atoms with Crippen LogP contribution in [0.25, 0.3) is 0 Å². The van der Waals surface area contributed by atoms with Crippen LogP contribution < -0.4 is 5.32 Å². The highest BCUT2D eigenvalue weighted by atomic mass is 79.9. The number of aryl methyl sites for hydroxylation is 1. The molecule has 0 saturated heterocycles. The Kier molecular flexibility index (Phi) is 4.37. The Labute approximate surface area is 115 Å². The third kappa shape index (κ3) is 3.41. The second kappa shape index (κ2) is 5.80. The van der Waals surface area contributed by atoms with Gasteiger partial charge in [-0.3, -0.25) is 0 Å². The molecule has 1 aromatic heterocycles. The highest BCUT2D eigenvalue weighted by Gasteiger charge is 2.06. The average Bonchev–Trinajstić information content (AvgIpc) is 2.81. The van der Waals surface area contributed by atoms with Crippen LogP contribution in [0.5, 0.6) is 0 Å². The standard InChI is InChI=1S/C14H16BrNS/c1-10-3-4-12(14(15)7-10)8-16-11(2)13-5-6-17-9-13/h3-7,9,11,16H,8H2,1-2H3. The van der Waals surface area contributed by atoms with Crippen LogP contribution in [-0.2, 0) is 6.54 Å². The van der Waals surface area contributed by atoms with Crippen molar-refractivity contribution in [3.05, 3.63) is 56.2 Å². The largest absolute Gasteiger partial charge is 0.306 e. The maximum Gasteiger partial charge on any atom is 0.0303 e. The van der Waals surface area contributed by atoms with E-state index in [4.69, 9.17) is 0 Å². The van der Waals surface area contributed by atoms with Crippen LogP contribution in [-0.4, -0.2) is 0 Å². The molecule has 0 aliphatic heterocycles. The number of halogens is 1. The fraction of sp³-hybridized carbons (Fsp3) is 0.286. The molecule has 0 spiro atoms. The molecular formula is C14H16BrNS. The van der Waals surface area contributed by atoms with Gasteiger partial charge in [0.05, 0.1) is 0 Å². The fourth-order valence-electron chi connectivity index (χ4n) is 1.70. The van der Waals surface area contributed by atoms with Gasteiger partial charge in [-0.15, -0.1) is 0 Å². The van der Waals surface area contributed by atoms with Crippen LogP contribution in [0.15, 0.2) is 39.5 Å². The molecule has 0 aliphatic rings. The lowest BCUT2D eigenvalue weighted by Crippen LogP contribution is -2.17. The van der Waals surface area contributed by atoms with Crippen LogP contribution in [0.4, 0.5) is 0 Å². The number of thiophene rings is 1. The van der Waals surface area contributed by atoms with E-state index in [-0.39, 0.29) is 0 Å². The van der Waals surface area contributed by atoms with E-state index in [0.717, 1.165) is 6.54 Å². The number of benzene rings is 1. The van der Waals surface area contributed by atoms with Crippen LogP contribution in [0, 0.1) is 6.92 Å². The summed E-state index contributed by atoms with van der Waals surface area (Å²) in [5.74, 6) is 0. The minimum atomic E-state index is 0.398. The molecule has 0 bridgehead atoms. The monoisotopic (exact) mass is 309 g/mol. The first kappa shape index (κ1) is 12.8. The molecule has 1 N–H and O–H groups in total. The first-order valence-corrected chi connectivity index (χ1v) is 7.41. The smallest absolute Gasteiger partial charge is 0.0303 e. The fourth-order valence-corrected chi connectivity index (χ4v) is 3.09. The quantitative estimate of drug-likeness (QED) is 0.865. The van der Waals surface area contributed by atoms with E-state index in [2.05, 4.69) is 70.1 Å². The van der Waals surface area contributed by atoms with Gasteiger partial charge in [-0.25, -0.2) is 0 Å². The predicted molar refractivity (Wildman–Crippen MR) is 78.5 cm³/mol. The summed E-state index contributed by atoms with van der Waals surface area (Å²) in [6, 6.07) is 9.05. The molecule has 0 amide bonds. The second-order valence-corrected chi connectivity index (χ2v) is 5.89. The van der Waals surface area contributed by atoms with Gasteiger partial charge >= 0.3 is 0 Å². The Bertz CT molecular complexity index is 479. The van der Waals surface area contributed by atoms with Crippen molar-refractivity contribution in [2.24, 2.45) is 0 Å². The Morgan fingerprint density at radius 2 is 2.18 bits per heavy atom. The van der Waals surface area contributed by atoms with Crippen molar-refractivity contribution in [2.45, 2.75) is 26.4 Å². The van der Waals surface area contributed by atoms with Crippen LogP contribution in [0.2, 0.25) is 0 Å². The van der Waals surface area contributed by atoms with Crippen molar-refractivity contribution in [3.63, 3.8) is 0 Å². The molecule has 2 aromatic rings. The van der Waals surface area contributed by atoms with Gasteiger partial charge in [-0.1, -0.05) is 28.1 Å². The Morgan fingerprint density at radius 3 is 2.82 bits per heavy atom. The van der Waals surface area contributed by atoms with Gasteiger partial charge in [-0.05, 0) is 53.4 Å². The molecule has 0 saturated carbocycles. The number of hydrogen-bond donors (Lipinski definition) is 1. The zero-order valence-electron chi connectivity index (χ0n) is 10.0. The average molecular weight is 310 g/mol. The molecule has 1 aromatic carbocycles. The number of nitrogens with one attached hydrogen (secondary N) is 1. The predicted octanol–water partition coefficient (Wildman–Crippen LogP) is 4.67. The maximum atomic E-state index is 3.61. The molecule has 2 rings (SSSR count). The van der Waals surface area contributed by atoms with Gasteiger partial charge in [0.25, 0.3) is 0 Å². The molecule has 0 radical (unpaired) electrons. The topological polar surface area (TPSA) is 12.0 Å². The summed E-state index contributed by atoms with van der Waals surface area (Å²) in [5.41, 5.74) is 3.95. The molecule has 1 atom stereocenters. The van der Waals surface area contributed by atoms with Crippen molar-refractivity contribution in [3.8, 4) is 0 Å². The van der Waals surface area contributed by atoms with E-state index in [9.17, 15) is 0 Å². The Hall–Kier alpha value is -0.640. The van der Waals surface area contributed by atoms with E-state index in [1.807, 2.05) is 0 Å². The summed E-state index contributed by atoms with van der Waals surface area (Å²) in [7, 11) is 0. The summed E-state index contributed by atoms with van der Waals surface area (Å²) in [4.78, 5) is 0. The molecule has 17 heavy (non-hydrogen) atoms. The molecule has 0 aliphatic carbocycles. The molecule has 3 heteroatoms. The van der Waals surface area contributed by atoms with Crippen molar-refractivity contribution in [2.75, 3.05) is 0 Å². The van der Waals surface area contributed by atoms with E-state index < -0.39 is 0 Å². The Balaban J connectivity index is 1.98. The van der Waals surface area contributed by atoms with Gasteiger partial charge in [0, 0.05) is 17.1 Å². The van der Waals surface area contributed by atoms with Crippen molar-refractivity contribution >= 4 is 27.3 Å². The number of hydrogen-bond acceptors (Lipinski definition) is 2. The molecule has 1 heterocycles. The number of rotatable bonds is 4. The van der Waals surface area contributed by atoms with Crippen molar-refractivity contribution in [1.29, 1.82) is 0 Å². The second-order valence-electron chi connectivity index (χ2n) is 4.25. The molecule has 90 valence electrons. The molecular weight excluding hydrogens is 294 g/mol. The summed E-state index contributed by atoms with van der Waals surface area (Å²) in [6.07, 6.45) is 0. The molecule has 1 nitrogen and oxygen atoms in total. The van der Waals surface area contributed by atoms with E-state index in [1.54, 1.807) is 11.3 Å². The Morgan fingerprint density at radius 1 is 1.35 bits per heavy atom. The van der Waals surface area contributed by atoms with Crippen molar-refractivity contribution in [1.82, 2.24) is 5.32 Å². The van der Waals surface area contributed by atoms with E-state index >= 15 is 0 Å². The molecule has 1 unspecified atom stereocenters. The van der Waals surface area contributed by atoms with Crippen LogP contribution >= 0.6 is 27.3 Å². The van der Waals surface area contributed by atoms with Crippen LogP contribution in [0.1, 0.15) is 29.7 Å². The maximum absolute atomic E-state index is 3.61. The summed E-state index contributed by atoms with van der Waals surface area (Å²) in [6.45, 7) is 5.19. The molecule has 0 fully saturated rings.